The Bertz CT molecular complexity index is 963. The second kappa shape index (κ2) is 9.73. The minimum Gasteiger partial charge on any atom is -0.497 e. The Morgan fingerprint density at radius 3 is 2.40 bits per heavy atom. The highest BCUT2D eigenvalue weighted by Gasteiger charge is 2.31. The molecule has 0 spiro atoms. The highest BCUT2D eigenvalue weighted by Crippen LogP contribution is 2.27. The van der Waals surface area contributed by atoms with Gasteiger partial charge in [-0.1, -0.05) is 38.1 Å². The largest absolute Gasteiger partial charge is 0.497 e. The fourth-order valence-corrected chi connectivity index (χ4v) is 5.67. The molecule has 3 rings (SSSR count). The van der Waals surface area contributed by atoms with Crippen molar-refractivity contribution in [2.45, 2.75) is 31.7 Å². The van der Waals surface area contributed by atoms with Crippen molar-refractivity contribution in [1.29, 1.82) is 0 Å². The molecule has 1 heterocycles. The molecule has 1 fully saturated rings. The number of nitrogens with one attached hydrogen (secondary N) is 1. The van der Waals surface area contributed by atoms with Gasteiger partial charge in [-0.3, -0.25) is 4.79 Å². The van der Waals surface area contributed by atoms with E-state index in [1.807, 2.05) is 24.3 Å². The highest BCUT2D eigenvalue weighted by atomic mass is 32.2. The Balaban J connectivity index is 1.64. The van der Waals surface area contributed by atoms with E-state index in [9.17, 15) is 13.2 Å². The van der Waals surface area contributed by atoms with Crippen LogP contribution in [0.15, 0.2) is 53.4 Å². The van der Waals surface area contributed by atoms with Crippen LogP contribution in [0.25, 0.3) is 0 Å². The van der Waals surface area contributed by atoms with Gasteiger partial charge in [0.15, 0.2) is 5.78 Å². The lowest BCUT2D eigenvalue weighted by molar-refractivity contribution is 0.0990. The van der Waals surface area contributed by atoms with E-state index >= 15 is 0 Å². The number of hydrogen-bond acceptors (Lipinski definition) is 5. The molecule has 1 N–H and O–H groups in total. The van der Waals surface area contributed by atoms with Gasteiger partial charge in [0, 0.05) is 25.2 Å². The lowest BCUT2D eigenvalue weighted by Crippen LogP contribution is -2.42. The van der Waals surface area contributed by atoms with Crippen LogP contribution in [0.1, 0.15) is 36.2 Å². The minimum absolute atomic E-state index is 0.132. The van der Waals surface area contributed by atoms with Crippen LogP contribution in [0.2, 0.25) is 0 Å². The van der Waals surface area contributed by atoms with Gasteiger partial charge in [0.25, 0.3) is 0 Å². The first-order valence-corrected chi connectivity index (χ1v) is 11.7. The first-order chi connectivity index (χ1) is 14.3. The minimum atomic E-state index is -3.61. The van der Waals surface area contributed by atoms with Crippen LogP contribution in [0.5, 0.6) is 5.75 Å². The molecule has 2 unspecified atom stereocenters. The maximum absolute atomic E-state index is 13.1. The molecule has 0 saturated carbocycles. The average Bonchev–Trinajstić information content (AvgIpc) is 2.73. The molecule has 30 heavy (non-hydrogen) atoms. The number of methoxy groups -OCH3 is 1. The fraction of sp³-hybridized carbons (Fsp3) is 0.435. The zero-order valence-corrected chi connectivity index (χ0v) is 18.6. The third kappa shape index (κ3) is 5.47. The second-order valence-electron chi connectivity index (χ2n) is 8.17. The van der Waals surface area contributed by atoms with Gasteiger partial charge in [0.2, 0.25) is 10.0 Å². The second-order valence-corrected chi connectivity index (χ2v) is 10.1. The van der Waals surface area contributed by atoms with Crippen LogP contribution in [0, 0.1) is 11.8 Å². The van der Waals surface area contributed by atoms with Crippen molar-refractivity contribution in [3.8, 4) is 5.75 Å². The molecular weight excluding hydrogens is 400 g/mol. The van der Waals surface area contributed by atoms with Crippen molar-refractivity contribution < 1.29 is 17.9 Å². The molecule has 6 nitrogen and oxygen atoms in total. The first kappa shape index (κ1) is 22.5. The molecule has 162 valence electrons. The average molecular weight is 431 g/mol. The summed E-state index contributed by atoms with van der Waals surface area (Å²) in [4.78, 5) is 12.8. The highest BCUT2D eigenvalue weighted by molar-refractivity contribution is 7.89. The molecule has 2 aromatic rings. The number of carbonyl (C=O) groups is 1. The number of sulfonamides is 1. The van der Waals surface area contributed by atoms with Gasteiger partial charge in [-0.05, 0) is 48.1 Å². The molecule has 2 atom stereocenters. The van der Waals surface area contributed by atoms with Gasteiger partial charge in [-0.25, -0.2) is 8.42 Å². The zero-order valence-electron chi connectivity index (χ0n) is 17.8. The van der Waals surface area contributed by atoms with Gasteiger partial charge in [0.05, 0.1) is 18.6 Å². The van der Waals surface area contributed by atoms with Crippen molar-refractivity contribution in [2.75, 3.05) is 26.7 Å². The van der Waals surface area contributed by atoms with Crippen LogP contribution in [0.4, 0.5) is 0 Å². The SMILES string of the molecule is COc1ccc(CNCC(=O)c2cccc(S(=O)(=O)N3CC(C)CC(C)C3)c2)cc1. The molecule has 1 aliphatic rings. The Kier molecular flexibility index (Phi) is 7.28. The fourth-order valence-electron chi connectivity index (χ4n) is 3.95. The summed E-state index contributed by atoms with van der Waals surface area (Å²) >= 11 is 0. The van der Waals surface area contributed by atoms with E-state index in [4.69, 9.17) is 4.74 Å². The standard InChI is InChI=1S/C23H30N2O4S/c1-17-11-18(2)16-25(15-17)30(27,28)22-6-4-5-20(12-22)23(26)14-24-13-19-7-9-21(29-3)10-8-19/h4-10,12,17-18,24H,11,13-16H2,1-3H3. The monoisotopic (exact) mass is 430 g/mol. The predicted octanol–water partition coefficient (Wildman–Crippen LogP) is 3.33. The third-order valence-corrected chi connectivity index (χ3v) is 7.23. The van der Waals surface area contributed by atoms with Crippen molar-refractivity contribution in [1.82, 2.24) is 9.62 Å². The van der Waals surface area contributed by atoms with Gasteiger partial charge in [0.1, 0.15) is 5.75 Å². The zero-order chi connectivity index (χ0) is 21.7. The summed E-state index contributed by atoms with van der Waals surface area (Å²) in [5.41, 5.74) is 1.43. The van der Waals surface area contributed by atoms with E-state index in [2.05, 4.69) is 19.2 Å². The van der Waals surface area contributed by atoms with E-state index in [-0.39, 0.29) is 17.2 Å². The number of Topliss-reactive ketones (excluding diaryl/α,β-unsaturated/α-hetero) is 1. The van der Waals surface area contributed by atoms with Gasteiger partial charge < -0.3 is 10.1 Å². The van der Waals surface area contributed by atoms with Crippen LogP contribution in [-0.4, -0.2) is 45.3 Å². The summed E-state index contributed by atoms with van der Waals surface area (Å²) in [6.07, 6.45) is 1.03. The Morgan fingerprint density at radius 1 is 1.10 bits per heavy atom. The Labute approximate surface area is 179 Å². The maximum atomic E-state index is 13.1. The summed E-state index contributed by atoms with van der Waals surface area (Å²) in [6.45, 7) is 5.87. The van der Waals surface area contributed by atoms with Crippen LogP contribution in [-0.2, 0) is 16.6 Å². The van der Waals surface area contributed by atoms with Crippen molar-refractivity contribution in [2.24, 2.45) is 11.8 Å². The molecule has 2 aromatic carbocycles. The molecule has 7 heteroatoms. The van der Waals surface area contributed by atoms with E-state index in [0.29, 0.717) is 37.0 Å². The smallest absolute Gasteiger partial charge is 0.243 e. The lowest BCUT2D eigenvalue weighted by Gasteiger charge is -2.34. The van der Waals surface area contributed by atoms with E-state index in [1.54, 1.807) is 29.6 Å². The normalized spacial score (nSPS) is 20.1. The Morgan fingerprint density at radius 2 is 1.77 bits per heavy atom. The Hall–Kier alpha value is -2.22. The quantitative estimate of drug-likeness (QED) is 0.650. The summed E-state index contributed by atoms with van der Waals surface area (Å²) in [6, 6.07) is 14.0. The van der Waals surface area contributed by atoms with Crippen molar-refractivity contribution in [3.05, 3.63) is 59.7 Å². The van der Waals surface area contributed by atoms with Crippen LogP contribution in [0.3, 0.4) is 0 Å². The van der Waals surface area contributed by atoms with Crippen molar-refractivity contribution >= 4 is 15.8 Å². The summed E-state index contributed by atoms with van der Waals surface area (Å²) < 4.78 is 32.9. The van der Waals surface area contributed by atoms with Crippen LogP contribution < -0.4 is 10.1 Å². The number of benzene rings is 2. The number of hydrogen-bond donors (Lipinski definition) is 1. The molecule has 0 bridgehead atoms. The number of piperidine rings is 1. The van der Waals surface area contributed by atoms with Crippen LogP contribution >= 0.6 is 0 Å². The summed E-state index contributed by atoms with van der Waals surface area (Å²) in [5.74, 6) is 1.30. The van der Waals surface area contributed by atoms with E-state index in [0.717, 1.165) is 17.7 Å². The first-order valence-electron chi connectivity index (χ1n) is 10.3. The number of nitrogens with zero attached hydrogens (tertiary/aromatic N) is 1. The molecule has 0 amide bonds. The molecule has 1 aliphatic heterocycles. The van der Waals surface area contributed by atoms with E-state index < -0.39 is 10.0 Å². The molecule has 0 aromatic heterocycles. The maximum Gasteiger partial charge on any atom is 0.243 e. The summed E-state index contributed by atoms with van der Waals surface area (Å²) in [5, 5.41) is 3.12. The predicted molar refractivity (Wildman–Crippen MR) is 117 cm³/mol. The summed E-state index contributed by atoms with van der Waals surface area (Å²) in [7, 11) is -1.99. The van der Waals surface area contributed by atoms with Gasteiger partial charge >= 0.3 is 0 Å². The lowest BCUT2D eigenvalue weighted by atomic mass is 9.94. The number of ketones is 1. The number of rotatable bonds is 8. The van der Waals surface area contributed by atoms with Gasteiger partial charge in [-0.2, -0.15) is 4.31 Å². The topological polar surface area (TPSA) is 75.7 Å². The molecule has 0 aliphatic carbocycles. The molecule has 0 radical (unpaired) electrons. The molecule has 1 saturated heterocycles. The van der Waals surface area contributed by atoms with Gasteiger partial charge in [-0.15, -0.1) is 0 Å². The molecular formula is C23H30N2O4S. The number of ether oxygens (including phenoxy) is 1. The third-order valence-electron chi connectivity index (χ3n) is 5.40. The van der Waals surface area contributed by atoms with E-state index in [1.165, 1.54) is 6.07 Å². The van der Waals surface area contributed by atoms with Crippen molar-refractivity contribution in [3.63, 3.8) is 0 Å². The number of carbonyl (C=O) groups excluding carboxylic acids is 1.